The van der Waals surface area contributed by atoms with E-state index in [0.717, 1.165) is 48.4 Å². The minimum atomic E-state index is -4.35. The average molecular weight is 744 g/mol. The van der Waals surface area contributed by atoms with Gasteiger partial charge in [0, 0.05) is 59.1 Å². The highest BCUT2D eigenvalue weighted by atomic mass is 32.2. The summed E-state index contributed by atoms with van der Waals surface area (Å²) < 4.78 is 76.1. The molecular formula is C35H45N5O7S3. The highest BCUT2D eigenvalue weighted by Gasteiger charge is 2.29. The van der Waals surface area contributed by atoms with Gasteiger partial charge in [-0.2, -0.15) is 13.0 Å². The lowest BCUT2D eigenvalue weighted by molar-refractivity contribution is -0.667. The van der Waals surface area contributed by atoms with E-state index in [0.29, 0.717) is 30.6 Å². The van der Waals surface area contributed by atoms with Crippen molar-refractivity contribution in [3.05, 3.63) is 82.2 Å². The number of guanidine groups is 1. The number of ether oxygens (including phenoxy) is 1. The summed E-state index contributed by atoms with van der Waals surface area (Å²) in [5, 5.41) is 10.2. The van der Waals surface area contributed by atoms with Gasteiger partial charge in [-0.15, -0.1) is 0 Å². The Bertz CT molecular complexity index is 2160. The first kappa shape index (κ1) is 38.8. The Morgan fingerprint density at radius 2 is 1.68 bits per heavy atom. The molecule has 12 nitrogen and oxygen atoms in total. The molecule has 1 aliphatic heterocycles. The van der Waals surface area contributed by atoms with Gasteiger partial charge in [0.05, 0.1) is 26.9 Å². The number of hydrogen-bond acceptors (Lipinski definition) is 9. The Kier molecular flexibility index (Phi) is 12.3. The van der Waals surface area contributed by atoms with Crippen molar-refractivity contribution >= 4 is 70.3 Å². The van der Waals surface area contributed by atoms with Gasteiger partial charge in [0.2, 0.25) is 11.4 Å². The topological polar surface area (TPSA) is 158 Å². The number of aromatic nitrogens is 1. The first-order valence-corrected chi connectivity index (χ1v) is 20.0. The van der Waals surface area contributed by atoms with Crippen LogP contribution in [-0.2, 0) is 26.8 Å². The number of aryl methyl sites for hydroxylation is 3. The molecule has 0 saturated heterocycles. The van der Waals surface area contributed by atoms with Crippen molar-refractivity contribution in [2.75, 3.05) is 51.1 Å². The number of anilines is 1. The van der Waals surface area contributed by atoms with E-state index in [1.54, 1.807) is 26.0 Å². The van der Waals surface area contributed by atoms with Crippen molar-refractivity contribution in [2.24, 2.45) is 0 Å². The van der Waals surface area contributed by atoms with E-state index in [9.17, 15) is 25.9 Å². The van der Waals surface area contributed by atoms with Gasteiger partial charge in [0.15, 0.2) is 18.3 Å². The molecule has 50 heavy (non-hydrogen) atoms. The number of benzene rings is 3. The zero-order chi connectivity index (χ0) is 37.0. The fourth-order valence-corrected chi connectivity index (χ4v) is 7.54. The molecule has 3 aromatic carbocycles. The maximum Gasteiger partial charge on any atom is 0.266 e. The second kappa shape index (κ2) is 15.9. The van der Waals surface area contributed by atoms with E-state index in [-0.39, 0.29) is 13.0 Å². The molecule has 1 aliphatic rings. The van der Waals surface area contributed by atoms with Crippen LogP contribution < -0.4 is 14.2 Å². The molecule has 0 fully saturated rings. The van der Waals surface area contributed by atoms with Gasteiger partial charge < -0.3 is 24.0 Å². The molecule has 0 unspecified atom stereocenters. The molecule has 1 aromatic heterocycles. The van der Waals surface area contributed by atoms with Crippen molar-refractivity contribution < 1.29 is 35.2 Å². The molecule has 2 heterocycles. The highest BCUT2D eigenvalue weighted by Crippen LogP contribution is 2.41. The Morgan fingerprint density at radius 1 is 1.02 bits per heavy atom. The molecule has 0 amide bonds. The molecule has 0 aliphatic carbocycles. The fourth-order valence-electron chi connectivity index (χ4n) is 5.46. The summed E-state index contributed by atoms with van der Waals surface area (Å²) >= 11 is 1.57. The van der Waals surface area contributed by atoms with E-state index in [4.69, 9.17) is 10.1 Å². The van der Waals surface area contributed by atoms with Crippen molar-refractivity contribution in [2.45, 2.75) is 40.2 Å². The van der Waals surface area contributed by atoms with Crippen molar-refractivity contribution in [3.63, 3.8) is 0 Å². The van der Waals surface area contributed by atoms with Crippen molar-refractivity contribution in [3.8, 4) is 5.75 Å². The maximum atomic E-state index is 11.6. The van der Waals surface area contributed by atoms with Crippen LogP contribution in [0.3, 0.4) is 0 Å². The highest BCUT2D eigenvalue weighted by molar-refractivity contribution is 7.86. The standard InChI is InChI=1S/C30H32N2O7S3.C5H13N3/c1-4-22(18-28-31(13-15-42(36,37)38)25-16-20(2)21(3)17-26(25)39-28)19-29-32(12-7-14-41(33,34)35)30-24-9-6-5-8-23(24)10-11-27(30)40-29;1-7(2)5(6)8(3)4/h5-6,8-11,16-19H,4,7,12-15H2,1-3H3,(H-,33,34,35,36,37,38);6H,1-4H3. The molecule has 270 valence electrons. The van der Waals surface area contributed by atoms with E-state index < -0.39 is 31.7 Å². The van der Waals surface area contributed by atoms with E-state index in [2.05, 4.69) is 10.6 Å². The summed E-state index contributed by atoms with van der Waals surface area (Å²) in [7, 11) is -1.16. The summed E-state index contributed by atoms with van der Waals surface area (Å²) in [4.78, 5) is 5.25. The van der Waals surface area contributed by atoms with Gasteiger partial charge in [-0.3, -0.25) is 9.96 Å². The number of allylic oxidation sites excluding steroid dienone is 2. The third kappa shape index (κ3) is 9.82. The minimum absolute atomic E-state index is 0.00963. The third-order valence-electron chi connectivity index (χ3n) is 8.18. The molecule has 4 aromatic rings. The number of nitrogens with zero attached hydrogens (tertiary/aromatic N) is 4. The average Bonchev–Trinajstić information content (AvgIpc) is 3.55. The fraction of sp³-hybridized carbons (Fsp3) is 0.371. The van der Waals surface area contributed by atoms with Crippen LogP contribution in [0.15, 0.2) is 66.1 Å². The second-order valence-corrected chi connectivity index (χ2v) is 16.6. The van der Waals surface area contributed by atoms with E-state index in [1.165, 1.54) is 0 Å². The summed E-state index contributed by atoms with van der Waals surface area (Å²) in [6, 6.07) is 15.9. The Balaban J connectivity index is 0.000000627. The zero-order valence-electron chi connectivity index (χ0n) is 29.4. The summed E-state index contributed by atoms with van der Waals surface area (Å²) in [6.45, 7) is 6.30. The normalized spacial score (nSPS) is 14.1. The second-order valence-electron chi connectivity index (χ2n) is 12.5. The molecular weight excluding hydrogens is 699 g/mol. The monoisotopic (exact) mass is 743 g/mol. The number of hydrogen-bond donors (Lipinski definition) is 2. The number of nitrogens with one attached hydrogen (secondary N) is 1. The van der Waals surface area contributed by atoms with Crippen LogP contribution in [0.1, 0.15) is 35.9 Å². The molecule has 0 radical (unpaired) electrons. The molecule has 0 saturated carbocycles. The van der Waals surface area contributed by atoms with Gasteiger partial charge in [-0.1, -0.05) is 42.5 Å². The molecule has 0 atom stereocenters. The predicted octanol–water partition coefficient (Wildman–Crippen LogP) is 5.36. The summed E-state index contributed by atoms with van der Waals surface area (Å²) in [6.07, 6.45) is 4.68. The third-order valence-corrected chi connectivity index (χ3v) is 10.8. The predicted molar refractivity (Wildman–Crippen MR) is 200 cm³/mol. The van der Waals surface area contributed by atoms with Crippen LogP contribution in [0, 0.1) is 19.3 Å². The van der Waals surface area contributed by atoms with Crippen LogP contribution in [0.5, 0.6) is 5.75 Å². The Hall–Kier alpha value is -4.02. The van der Waals surface area contributed by atoms with Gasteiger partial charge in [-0.05, 0) is 66.6 Å². The van der Waals surface area contributed by atoms with Crippen LogP contribution in [0.25, 0.3) is 27.1 Å². The zero-order valence-corrected chi connectivity index (χ0v) is 31.9. The van der Waals surface area contributed by atoms with Crippen molar-refractivity contribution in [1.82, 2.24) is 9.80 Å². The first-order valence-electron chi connectivity index (χ1n) is 16.0. The lowest BCUT2D eigenvalue weighted by Crippen LogP contribution is -2.36. The van der Waals surface area contributed by atoms with Crippen LogP contribution >= 0.6 is 11.3 Å². The number of fused-ring (bicyclic) bond motifs is 4. The summed E-state index contributed by atoms with van der Waals surface area (Å²) in [5.74, 6) is 0.658. The maximum absolute atomic E-state index is 11.6. The van der Waals surface area contributed by atoms with E-state index >= 15 is 0 Å². The number of rotatable bonds is 10. The minimum Gasteiger partial charge on any atom is -0.748 e. The summed E-state index contributed by atoms with van der Waals surface area (Å²) in [5.41, 5.74) is 4.66. The van der Waals surface area contributed by atoms with Crippen LogP contribution in [0.4, 0.5) is 5.69 Å². The van der Waals surface area contributed by atoms with E-state index in [1.807, 2.05) is 104 Å². The molecule has 2 N–H and O–H groups in total. The van der Waals surface area contributed by atoms with Gasteiger partial charge >= 0.3 is 0 Å². The lowest BCUT2D eigenvalue weighted by Gasteiger charge is -2.19. The van der Waals surface area contributed by atoms with Crippen LogP contribution in [0.2, 0.25) is 0 Å². The van der Waals surface area contributed by atoms with Gasteiger partial charge in [0.1, 0.15) is 4.70 Å². The quantitative estimate of drug-likeness (QED) is 0.0938. The lowest BCUT2D eigenvalue weighted by atomic mass is 10.1. The first-order chi connectivity index (χ1) is 23.4. The van der Waals surface area contributed by atoms with Crippen molar-refractivity contribution in [1.29, 1.82) is 5.41 Å². The molecule has 5 rings (SSSR count). The smallest absolute Gasteiger partial charge is 0.266 e. The van der Waals surface area contributed by atoms with Gasteiger partial charge in [-0.25, -0.2) is 8.42 Å². The molecule has 0 bridgehead atoms. The van der Waals surface area contributed by atoms with Gasteiger partial charge in [0.25, 0.3) is 15.1 Å². The molecule has 0 spiro atoms. The largest absolute Gasteiger partial charge is 0.748 e. The molecule has 15 heteroatoms. The Morgan fingerprint density at radius 3 is 2.28 bits per heavy atom. The van der Waals surface area contributed by atoms with Crippen LogP contribution in [-0.4, -0.2) is 87.9 Å². The Labute approximate surface area is 298 Å². The number of thiazole rings is 1. The SMILES string of the molecule is CCC(/C=C1\Oc2cc(C)c(C)cc2N1CCS(=O)(=O)O)=C\c1sc2ccc3ccccc3c2[n+]1CCCS(=O)(=O)[O-].CN(C)C(=N)N(C)C.